The topological polar surface area (TPSA) is 0 Å². The van der Waals surface area contributed by atoms with Gasteiger partial charge < -0.3 is 0 Å². The molecule has 0 saturated carbocycles. The molecule has 0 unspecified atom stereocenters. The molecule has 0 atom stereocenters. The number of allylic oxidation sites excluding steroid dienone is 4. The molecule has 80 valence electrons. The van der Waals surface area contributed by atoms with Crippen LogP contribution < -0.4 is 0 Å². The van der Waals surface area contributed by atoms with Gasteiger partial charge in [0.2, 0.25) is 0 Å². The van der Waals surface area contributed by atoms with Gasteiger partial charge in [0, 0.05) is 0 Å². The molecule has 0 bridgehead atoms. The van der Waals surface area contributed by atoms with Crippen molar-refractivity contribution in [1.82, 2.24) is 0 Å². The molecular weight excluding hydrogens is 383 g/mol. The summed E-state index contributed by atoms with van der Waals surface area (Å²) in [5, 5.41) is 0. The van der Waals surface area contributed by atoms with Crippen LogP contribution in [0.25, 0.3) is 0 Å². The summed E-state index contributed by atoms with van der Waals surface area (Å²) >= 11 is 3.07. The van der Waals surface area contributed by atoms with Crippen molar-refractivity contribution in [2.75, 3.05) is 0 Å². The first-order chi connectivity index (χ1) is 4.89. The Morgan fingerprint density at radius 3 is 1.38 bits per heavy atom. The van der Waals surface area contributed by atoms with Crippen LogP contribution in [0.4, 0.5) is 0 Å². The Hall–Kier alpha value is 1.06. The normalized spacial score (nSPS) is 19.9. The minimum atomic E-state index is 0. The van der Waals surface area contributed by atoms with Crippen molar-refractivity contribution in [2.45, 2.75) is 34.6 Å². The molecule has 0 heterocycles. The molecule has 0 saturated heterocycles. The van der Waals surface area contributed by atoms with E-state index >= 15 is 0 Å². The van der Waals surface area contributed by atoms with Gasteiger partial charge in [-0.1, -0.05) is 0 Å². The van der Waals surface area contributed by atoms with Crippen LogP contribution in [0.5, 0.6) is 0 Å². The molecule has 0 aromatic carbocycles. The van der Waals surface area contributed by atoms with E-state index in [1.54, 1.807) is 0 Å². The van der Waals surface area contributed by atoms with Gasteiger partial charge in [-0.15, -0.1) is 34.0 Å². The summed E-state index contributed by atoms with van der Waals surface area (Å²) in [5.74, 6) is 0. The third-order valence-electron chi connectivity index (χ3n) is 2.90. The summed E-state index contributed by atoms with van der Waals surface area (Å²) in [6, 6.07) is 0. The molecule has 0 amide bonds. The van der Waals surface area contributed by atoms with Gasteiger partial charge in [0.05, 0.1) is 0 Å². The maximum atomic E-state index is 3.07. The van der Waals surface area contributed by atoms with E-state index in [4.69, 9.17) is 0 Å². The number of hydrogen-bond acceptors (Lipinski definition) is 0. The summed E-state index contributed by atoms with van der Waals surface area (Å²) in [6.45, 7) is 11.2. The quantitative estimate of drug-likeness (QED) is 0.531. The minimum absolute atomic E-state index is 0. The van der Waals surface area contributed by atoms with Gasteiger partial charge in [-0.2, -0.15) is 0 Å². The van der Waals surface area contributed by atoms with E-state index in [1.807, 2.05) is 0 Å². The predicted molar refractivity (Wildman–Crippen MR) is 65.5 cm³/mol. The van der Waals surface area contributed by atoms with Gasteiger partial charge in [0.15, 0.2) is 0 Å². The number of rotatable bonds is 0. The van der Waals surface area contributed by atoms with Crippen LogP contribution in [0.2, 0.25) is 0 Å². The monoisotopic (exact) mass is 398 g/mol. The molecule has 1 aliphatic rings. The van der Waals surface area contributed by atoms with Crippen LogP contribution in [0.15, 0.2) is 20.9 Å². The average molecular weight is 400 g/mol. The Labute approximate surface area is 112 Å². The van der Waals surface area contributed by atoms with Crippen LogP contribution >= 0.6 is 34.0 Å². The van der Waals surface area contributed by atoms with Crippen LogP contribution in [0.3, 0.4) is 0 Å². The van der Waals surface area contributed by atoms with Crippen LogP contribution in [-0.4, -0.2) is 0 Å². The fraction of sp³-hybridized carbons (Fsp3) is 0.600. The van der Waals surface area contributed by atoms with Gasteiger partial charge in [0.1, 0.15) is 0 Å². The molecule has 0 spiro atoms. The fourth-order valence-corrected chi connectivity index (χ4v) is 2.15. The van der Waals surface area contributed by atoms with E-state index < -0.39 is 0 Å². The molecule has 1 rings (SSSR count). The zero-order valence-electron chi connectivity index (χ0n) is 8.65. The van der Waals surface area contributed by atoms with Crippen molar-refractivity contribution in [1.29, 1.82) is 0 Å². The summed E-state index contributed by atoms with van der Waals surface area (Å²) in [7, 11) is 0. The standard InChI is InChI=1S/C10H15.2BrH.Rh/c1-7-6-10(4,5)9(3)8(7)2;;;/h1-5H3;2*1H;. The van der Waals surface area contributed by atoms with Gasteiger partial charge in [-0.3, -0.25) is 0 Å². The molecule has 13 heavy (non-hydrogen) atoms. The molecule has 0 aliphatic heterocycles. The van der Waals surface area contributed by atoms with E-state index in [2.05, 4.69) is 52.9 Å². The fourth-order valence-electron chi connectivity index (χ4n) is 1.53. The van der Waals surface area contributed by atoms with E-state index in [1.165, 1.54) is 20.9 Å². The summed E-state index contributed by atoms with van der Waals surface area (Å²) in [5.41, 5.74) is 4.68. The Kier molecular flexibility index (Phi) is 6.64. The van der Waals surface area contributed by atoms with Crippen LogP contribution in [0.1, 0.15) is 34.6 Å². The van der Waals surface area contributed by atoms with Crippen molar-refractivity contribution in [3.63, 3.8) is 0 Å². The van der Waals surface area contributed by atoms with Crippen molar-refractivity contribution in [2.24, 2.45) is 5.41 Å². The molecule has 3 heteroatoms. The van der Waals surface area contributed by atoms with Crippen molar-refractivity contribution in [3.05, 3.63) is 20.9 Å². The summed E-state index contributed by atoms with van der Waals surface area (Å²) in [6.07, 6.45) is 0. The van der Waals surface area contributed by atoms with Crippen molar-refractivity contribution < 1.29 is 18.3 Å². The van der Waals surface area contributed by atoms with Gasteiger partial charge in [-0.25, -0.2) is 0 Å². The van der Waals surface area contributed by atoms with Gasteiger partial charge >= 0.3 is 79.2 Å². The van der Waals surface area contributed by atoms with Crippen molar-refractivity contribution >= 4 is 34.0 Å². The SMILES string of the molecule is Br.Br.CC1=C(C)C(C)(C)[C]([Rh])=C1C. The zero-order valence-corrected chi connectivity index (χ0v) is 13.7. The number of halogens is 2. The van der Waals surface area contributed by atoms with E-state index in [0.717, 1.165) is 0 Å². The second-order valence-electron chi connectivity index (χ2n) is 3.79. The third kappa shape index (κ3) is 2.55. The van der Waals surface area contributed by atoms with Crippen molar-refractivity contribution in [3.8, 4) is 0 Å². The number of hydrogen-bond donors (Lipinski definition) is 0. The van der Waals surface area contributed by atoms with E-state index in [9.17, 15) is 0 Å². The Bertz CT molecular complexity index is 236. The second kappa shape index (κ2) is 5.23. The van der Waals surface area contributed by atoms with Crippen LogP contribution in [0, 0.1) is 5.41 Å². The summed E-state index contributed by atoms with van der Waals surface area (Å²) in [4.78, 5) is 0. The molecular formula is C10H17Br2Rh. The Balaban J connectivity index is 0. The van der Waals surface area contributed by atoms with Gasteiger partial charge in [-0.05, 0) is 0 Å². The zero-order chi connectivity index (χ0) is 8.81. The molecule has 0 nitrogen and oxygen atoms in total. The molecule has 0 aromatic heterocycles. The van der Waals surface area contributed by atoms with E-state index in [-0.39, 0.29) is 39.4 Å². The Morgan fingerprint density at radius 2 is 1.31 bits per heavy atom. The molecule has 0 aromatic rings. The molecule has 0 N–H and O–H groups in total. The first-order valence-electron chi connectivity index (χ1n) is 3.92. The first-order valence-corrected chi connectivity index (χ1v) is 4.74. The maximum absolute atomic E-state index is 3.07. The summed E-state index contributed by atoms with van der Waals surface area (Å²) < 4.78 is 1.42. The first kappa shape index (κ1) is 16.5. The second-order valence-corrected chi connectivity index (χ2v) is 4.61. The molecule has 1 aliphatic carbocycles. The van der Waals surface area contributed by atoms with Crippen LogP contribution in [-0.2, 0) is 18.3 Å². The molecule has 0 radical (unpaired) electrons. The average Bonchev–Trinajstić information content (AvgIpc) is 2.06. The molecule has 0 fully saturated rings. The van der Waals surface area contributed by atoms with E-state index in [0.29, 0.717) is 0 Å². The Morgan fingerprint density at radius 1 is 0.923 bits per heavy atom. The predicted octanol–water partition coefficient (Wildman–Crippen LogP) is 4.34. The third-order valence-corrected chi connectivity index (χ3v) is 4.53. The van der Waals surface area contributed by atoms with Gasteiger partial charge in [0.25, 0.3) is 0 Å².